The van der Waals surface area contributed by atoms with Crippen LogP contribution >= 0.6 is 22.4 Å². The summed E-state index contributed by atoms with van der Waals surface area (Å²) in [7, 11) is 1.61. The first kappa shape index (κ1) is 10.8. The van der Waals surface area contributed by atoms with E-state index < -0.39 is 9.05 Å². The molecule has 0 amide bonds. The Morgan fingerprint density at radius 2 is 2.27 bits per heavy atom. The minimum atomic E-state index is -3.60. The van der Waals surface area contributed by atoms with Gasteiger partial charge in [0.05, 0.1) is 16.0 Å². The maximum absolute atomic E-state index is 11.0. The van der Waals surface area contributed by atoms with E-state index in [1.54, 1.807) is 12.3 Å². The molecule has 0 fully saturated rings. The molecule has 0 N–H and O–H groups in total. The molecule has 2 rings (SSSR count). The minimum absolute atomic E-state index is 0.206. The molecule has 0 bridgehead atoms. The van der Waals surface area contributed by atoms with Crippen molar-refractivity contribution in [2.45, 2.75) is 0 Å². The van der Waals surface area contributed by atoms with Crippen LogP contribution in [0.25, 0.3) is 4.91 Å². The Morgan fingerprint density at radius 1 is 1.47 bits per heavy atom. The molecule has 1 aliphatic rings. The molecule has 1 aromatic rings. The normalized spacial score (nSPS) is 17.1. The fourth-order valence-electron chi connectivity index (χ4n) is 1.06. The number of halogens is 1. The van der Waals surface area contributed by atoms with Gasteiger partial charge in [0.2, 0.25) is 0 Å². The molecule has 0 saturated carbocycles. The number of thioether (sulfide) groups is 1. The van der Waals surface area contributed by atoms with Crippen molar-refractivity contribution in [1.29, 1.82) is 0 Å². The van der Waals surface area contributed by atoms with Crippen LogP contribution in [0.5, 0.6) is 0 Å². The largest absolute Gasteiger partial charge is 0.443 e. The second-order valence-corrected chi connectivity index (χ2v) is 6.39. The molecule has 15 heavy (non-hydrogen) atoms. The highest BCUT2D eigenvalue weighted by Crippen LogP contribution is 2.34. The zero-order valence-electron chi connectivity index (χ0n) is 7.38. The van der Waals surface area contributed by atoms with E-state index in [0.717, 1.165) is 4.91 Å². The second-order valence-electron chi connectivity index (χ2n) is 2.76. The molecule has 0 unspecified atom stereocenters. The third-order valence-corrected chi connectivity index (χ3v) is 4.57. The number of rotatable bonds is 2. The van der Waals surface area contributed by atoms with E-state index in [1.165, 1.54) is 24.2 Å². The van der Waals surface area contributed by atoms with Gasteiger partial charge in [-0.2, -0.15) is 0 Å². The SMILES string of the molecule is O=S(=O)(Cl)C1=CC=C(c2cnco2)SC1. The van der Waals surface area contributed by atoms with E-state index in [1.807, 2.05) is 0 Å². The zero-order valence-corrected chi connectivity index (χ0v) is 9.77. The van der Waals surface area contributed by atoms with Gasteiger partial charge in [0.15, 0.2) is 12.2 Å². The molecule has 7 heteroatoms. The third kappa shape index (κ3) is 2.45. The lowest BCUT2D eigenvalue weighted by atomic mass is 10.4. The maximum atomic E-state index is 11.0. The van der Waals surface area contributed by atoms with Gasteiger partial charge in [-0.3, -0.25) is 0 Å². The molecule has 0 atom stereocenters. The van der Waals surface area contributed by atoms with Crippen molar-refractivity contribution in [2.75, 3.05) is 5.75 Å². The van der Waals surface area contributed by atoms with Gasteiger partial charge in [0.25, 0.3) is 9.05 Å². The molecular weight excluding hydrogens is 258 g/mol. The molecule has 80 valence electrons. The van der Waals surface area contributed by atoms with Crippen LogP contribution in [0.4, 0.5) is 0 Å². The summed E-state index contributed by atoms with van der Waals surface area (Å²) in [5, 5.41) is 0. The Bertz CT molecular complexity index is 516. The van der Waals surface area contributed by atoms with Crippen molar-refractivity contribution >= 4 is 36.4 Å². The summed E-state index contributed by atoms with van der Waals surface area (Å²) in [6, 6.07) is 0. The first-order valence-corrected chi connectivity index (χ1v) is 7.24. The van der Waals surface area contributed by atoms with E-state index in [9.17, 15) is 8.42 Å². The number of hydrogen-bond donors (Lipinski definition) is 0. The summed E-state index contributed by atoms with van der Waals surface area (Å²) in [5.41, 5.74) is 0. The standard InChI is InChI=1S/C8H6ClNO3S2/c9-15(11,12)6-1-2-8(14-4-6)7-3-10-5-13-7/h1-3,5H,4H2. The fourth-order valence-corrected chi connectivity index (χ4v) is 3.38. The molecule has 0 aliphatic carbocycles. The van der Waals surface area contributed by atoms with E-state index >= 15 is 0 Å². The van der Waals surface area contributed by atoms with Gasteiger partial charge < -0.3 is 4.42 Å². The predicted molar refractivity (Wildman–Crippen MR) is 59.8 cm³/mol. The lowest BCUT2D eigenvalue weighted by Crippen LogP contribution is -2.00. The maximum Gasteiger partial charge on any atom is 0.258 e. The predicted octanol–water partition coefficient (Wildman–Crippen LogP) is 2.21. The highest BCUT2D eigenvalue weighted by molar-refractivity contribution is 8.18. The van der Waals surface area contributed by atoms with Gasteiger partial charge in [-0.15, -0.1) is 11.8 Å². The van der Waals surface area contributed by atoms with E-state index in [2.05, 4.69) is 4.98 Å². The quantitative estimate of drug-likeness (QED) is 0.766. The van der Waals surface area contributed by atoms with Gasteiger partial charge in [-0.05, 0) is 12.2 Å². The zero-order chi connectivity index (χ0) is 10.9. The van der Waals surface area contributed by atoms with E-state index in [4.69, 9.17) is 15.1 Å². The Kier molecular flexibility index (Phi) is 2.90. The summed E-state index contributed by atoms with van der Waals surface area (Å²) in [4.78, 5) is 4.83. The van der Waals surface area contributed by atoms with Crippen LogP contribution in [0.3, 0.4) is 0 Å². The van der Waals surface area contributed by atoms with Crippen LogP contribution in [0.1, 0.15) is 5.76 Å². The highest BCUT2D eigenvalue weighted by Gasteiger charge is 2.19. The van der Waals surface area contributed by atoms with Crippen molar-refractivity contribution in [3.05, 3.63) is 35.4 Å². The first-order chi connectivity index (χ1) is 7.07. The molecule has 0 spiro atoms. The number of oxazole rings is 1. The number of allylic oxidation sites excluding steroid dienone is 2. The van der Waals surface area contributed by atoms with Crippen molar-refractivity contribution in [1.82, 2.24) is 4.98 Å². The summed E-state index contributed by atoms with van der Waals surface area (Å²) in [6.07, 6.45) is 6.04. The van der Waals surface area contributed by atoms with Crippen LogP contribution < -0.4 is 0 Å². The molecule has 2 heterocycles. The van der Waals surface area contributed by atoms with Crippen LogP contribution in [0.15, 0.2) is 34.1 Å². The monoisotopic (exact) mass is 263 g/mol. The summed E-state index contributed by atoms with van der Waals surface area (Å²) in [5.74, 6) is 0.945. The van der Waals surface area contributed by atoms with Crippen molar-refractivity contribution in [2.24, 2.45) is 0 Å². The first-order valence-electron chi connectivity index (χ1n) is 3.94. The molecule has 1 aromatic heterocycles. The number of nitrogens with zero attached hydrogens (tertiary/aromatic N) is 1. The van der Waals surface area contributed by atoms with Crippen molar-refractivity contribution < 1.29 is 12.8 Å². The summed E-state index contributed by atoms with van der Waals surface area (Å²) < 4.78 is 27.1. The molecular formula is C8H6ClNO3S2. The summed E-state index contributed by atoms with van der Waals surface area (Å²) >= 11 is 1.35. The molecule has 0 aromatic carbocycles. The van der Waals surface area contributed by atoms with E-state index in [0.29, 0.717) is 11.5 Å². The van der Waals surface area contributed by atoms with Gasteiger partial charge in [0, 0.05) is 16.4 Å². The highest BCUT2D eigenvalue weighted by atomic mass is 35.7. The molecule has 1 aliphatic heterocycles. The Labute approximate surface area is 95.4 Å². The second kappa shape index (κ2) is 4.03. The third-order valence-electron chi connectivity index (χ3n) is 1.78. The Morgan fingerprint density at radius 3 is 2.73 bits per heavy atom. The summed E-state index contributed by atoms with van der Waals surface area (Å²) in [6.45, 7) is 0. The molecule has 0 saturated heterocycles. The van der Waals surface area contributed by atoms with E-state index in [-0.39, 0.29) is 4.91 Å². The van der Waals surface area contributed by atoms with Crippen molar-refractivity contribution in [3.8, 4) is 0 Å². The fraction of sp³-hybridized carbons (Fsp3) is 0.125. The lowest BCUT2D eigenvalue weighted by Gasteiger charge is -2.09. The van der Waals surface area contributed by atoms with Crippen LogP contribution in [0, 0.1) is 0 Å². The smallest absolute Gasteiger partial charge is 0.258 e. The van der Waals surface area contributed by atoms with Gasteiger partial charge in [0.1, 0.15) is 0 Å². The van der Waals surface area contributed by atoms with Gasteiger partial charge >= 0.3 is 0 Å². The van der Waals surface area contributed by atoms with Crippen LogP contribution in [-0.2, 0) is 9.05 Å². The van der Waals surface area contributed by atoms with Crippen molar-refractivity contribution in [3.63, 3.8) is 0 Å². The Balaban J connectivity index is 2.29. The minimum Gasteiger partial charge on any atom is -0.443 e. The number of aromatic nitrogens is 1. The average Bonchev–Trinajstić information content (AvgIpc) is 2.69. The molecule has 4 nitrogen and oxygen atoms in total. The van der Waals surface area contributed by atoms with Gasteiger partial charge in [-0.25, -0.2) is 13.4 Å². The molecule has 0 radical (unpaired) electrons. The average molecular weight is 264 g/mol. The Hall–Kier alpha value is -0.720. The van der Waals surface area contributed by atoms with Crippen LogP contribution in [0.2, 0.25) is 0 Å². The van der Waals surface area contributed by atoms with Gasteiger partial charge in [-0.1, -0.05) is 0 Å². The topological polar surface area (TPSA) is 60.2 Å². The number of hydrogen-bond acceptors (Lipinski definition) is 5. The van der Waals surface area contributed by atoms with Crippen LogP contribution in [-0.4, -0.2) is 19.2 Å². The lowest BCUT2D eigenvalue weighted by molar-refractivity contribution is 0.547.